The van der Waals surface area contributed by atoms with Gasteiger partial charge in [0.05, 0.1) is 0 Å². The third-order valence-corrected chi connectivity index (χ3v) is 4.06. The Morgan fingerprint density at radius 1 is 0.773 bits per heavy atom. The van der Waals surface area contributed by atoms with Gasteiger partial charge in [-0.25, -0.2) is 0 Å². The Balaban J connectivity index is 1.80. The smallest absolute Gasteiger partial charge is 0.231 e. The summed E-state index contributed by atoms with van der Waals surface area (Å²) in [5.74, 6) is 2.58. The summed E-state index contributed by atoms with van der Waals surface area (Å²) in [6.45, 7) is 4.11. The molecule has 112 valence electrons. The fraction of sp³-hybridized carbons (Fsp3) is 0.235. The topological polar surface area (TPSA) is 54.0 Å². The van der Waals surface area contributed by atoms with Crippen LogP contribution in [0.4, 0.5) is 0 Å². The van der Waals surface area contributed by atoms with Crippen molar-refractivity contribution in [3.63, 3.8) is 0 Å². The molecule has 0 fully saturated rings. The molecular weight excluding hydrogens is 284 g/mol. The normalized spacial score (nSPS) is 14.3. The Morgan fingerprint density at radius 2 is 1.23 bits per heavy atom. The number of hydrogen-bond acceptors (Lipinski definition) is 5. The predicted octanol–water partition coefficient (Wildman–Crippen LogP) is 2.99. The SMILES string of the molecule is Cc1c(C(=O)c2ccc3c(c2C)OCO3)ccc2c1OCO2. The van der Waals surface area contributed by atoms with Crippen LogP contribution < -0.4 is 18.9 Å². The number of fused-ring (bicyclic) bond motifs is 2. The molecule has 2 aromatic rings. The summed E-state index contributed by atoms with van der Waals surface area (Å²) in [5.41, 5.74) is 2.78. The number of carbonyl (C=O) groups is 1. The quantitative estimate of drug-likeness (QED) is 0.798. The Kier molecular flexibility index (Phi) is 2.76. The molecule has 0 saturated carbocycles. The molecule has 22 heavy (non-hydrogen) atoms. The van der Waals surface area contributed by atoms with E-state index in [1.54, 1.807) is 24.3 Å². The summed E-state index contributed by atoms with van der Waals surface area (Å²) in [5, 5.41) is 0. The lowest BCUT2D eigenvalue weighted by atomic mass is 9.94. The Hall–Kier alpha value is -2.69. The van der Waals surface area contributed by atoms with Crippen molar-refractivity contribution in [2.75, 3.05) is 13.6 Å². The van der Waals surface area contributed by atoms with Crippen molar-refractivity contribution in [1.29, 1.82) is 0 Å². The van der Waals surface area contributed by atoms with Crippen molar-refractivity contribution < 1.29 is 23.7 Å². The highest BCUT2D eigenvalue weighted by molar-refractivity contribution is 6.11. The molecule has 2 heterocycles. The molecule has 0 saturated heterocycles. The number of ketones is 1. The summed E-state index contributed by atoms with van der Waals surface area (Å²) in [6, 6.07) is 7.08. The fourth-order valence-corrected chi connectivity index (χ4v) is 2.86. The van der Waals surface area contributed by atoms with Crippen LogP contribution in [0.15, 0.2) is 24.3 Å². The number of benzene rings is 2. The molecule has 2 aliphatic rings. The second-order valence-electron chi connectivity index (χ2n) is 5.27. The number of hydrogen-bond donors (Lipinski definition) is 0. The van der Waals surface area contributed by atoms with Crippen molar-refractivity contribution >= 4 is 5.78 Å². The summed E-state index contributed by atoms with van der Waals surface area (Å²) >= 11 is 0. The maximum Gasteiger partial charge on any atom is 0.231 e. The minimum atomic E-state index is -0.0633. The molecule has 0 N–H and O–H groups in total. The van der Waals surface area contributed by atoms with Gasteiger partial charge in [-0.3, -0.25) is 4.79 Å². The van der Waals surface area contributed by atoms with E-state index in [4.69, 9.17) is 18.9 Å². The van der Waals surface area contributed by atoms with Crippen molar-refractivity contribution in [3.8, 4) is 23.0 Å². The first-order valence-electron chi connectivity index (χ1n) is 7.00. The third-order valence-electron chi connectivity index (χ3n) is 4.06. The first-order valence-corrected chi connectivity index (χ1v) is 7.00. The fourth-order valence-electron chi connectivity index (χ4n) is 2.86. The molecule has 0 unspecified atom stereocenters. The van der Waals surface area contributed by atoms with Gasteiger partial charge >= 0.3 is 0 Å². The van der Waals surface area contributed by atoms with Crippen LogP contribution in [0, 0.1) is 13.8 Å². The average Bonchev–Trinajstić information content (AvgIpc) is 3.16. The highest BCUT2D eigenvalue weighted by Gasteiger charge is 2.25. The first-order chi connectivity index (χ1) is 10.7. The summed E-state index contributed by atoms with van der Waals surface area (Å²) in [4.78, 5) is 12.9. The zero-order valence-corrected chi connectivity index (χ0v) is 12.3. The van der Waals surface area contributed by atoms with Crippen LogP contribution in [0.3, 0.4) is 0 Å². The van der Waals surface area contributed by atoms with Gasteiger partial charge in [0.2, 0.25) is 13.6 Å². The summed E-state index contributed by atoms with van der Waals surface area (Å²) in [6.07, 6.45) is 0. The molecule has 0 bridgehead atoms. The number of carbonyl (C=O) groups excluding carboxylic acids is 1. The predicted molar refractivity (Wildman–Crippen MR) is 78.0 cm³/mol. The molecular formula is C17H14O5. The Labute approximate surface area is 127 Å². The summed E-state index contributed by atoms with van der Waals surface area (Å²) < 4.78 is 21.5. The van der Waals surface area contributed by atoms with Gasteiger partial charge in [-0.1, -0.05) is 0 Å². The van der Waals surface area contributed by atoms with Crippen LogP contribution in [0.1, 0.15) is 27.0 Å². The van der Waals surface area contributed by atoms with E-state index < -0.39 is 0 Å². The van der Waals surface area contributed by atoms with Crippen LogP contribution >= 0.6 is 0 Å². The average molecular weight is 298 g/mol. The molecule has 2 aromatic carbocycles. The maximum absolute atomic E-state index is 12.9. The molecule has 0 amide bonds. The van der Waals surface area contributed by atoms with E-state index >= 15 is 0 Å². The molecule has 0 radical (unpaired) electrons. The second kappa shape index (κ2) is 4.66. The van der Waals surface area contributed by atoms with Crippen LogP contribution in [0.25, 0.3) is 0 Å². The zero-order valence-electron chi connectivity index (χ0n) is 12.3. The molecule has 2 aliphatic heterocycles. The van der Waals surface area contributed by atoms with E-state index in [-0.39, 0.29) is 19.4 Å². The van der Waals surface area contributed by atoms with Gasteiger partial charge in [-0.2, -0.15) is 0 Å². The minimum Gasteiger partial charge on any atom is -0.454 e. The van der Waals surface area contributed by atoms with Crippen molar-refractivity contribution in [3.05, 3.63) is 46.5 Å². The van der Waals surface area contributed by atoms with E-state index in [1.165, 1.54) is 0 Å². The first kappa shape index (κ1) is 13.0. The van der Waals surface area contributed by atoms with E-state index in [2.05, 4.69) is 0 Å². The molecule has 0 aliphatic carbocycles. The van der Waals surface area contributed by atoms with Crippen molar-refractivity contribution in [2.24, 2.45) is 0 Å². The Morgan fingerprint density at radius 3 is 1.68 bits per heavy atom. The molecule has 5 heteroatoms. The van der Waals surface area contributed by atoms with Gasteiger partial charge in [-0.05, 0) is 38.1 Å². The van der Waals surface area contributed by atoms with Crippen molar-refractivity contribution in [2.45, 2.75) is 13.8 Å². The van der Waals surface area contributed by atoms with Gasteiger partial charge in [0, 0.05) is 22.3 Å². The molecule has 0 aromatic heterocycles. The van der Waals surface area contributed by atoms with Gasteiger partial charge in [0.25, 0.3) is 0 Å². The molecule has 0 atom stereocenters. The van der Waals surface area contributed by atoms with Crippen molar-refractivity contribution in [1.82, 2.24) is 0 Å². The van der Waals surface area contributed by atoms with Gasteiger partial charge in [0.15, 0.2) is 28.8 Å². The standard InChI is InChI=1S/C17H14O5/c1-9-11(3-5-13-16(9)21-7-19-13)15(18)12-4-6-14-17(10(12)2)22-8-20-14/h3-6H,7-8H2,1-2H3. The van der Waals surface area contributed by atoms with Gasteiger partial charge in [0.1, 0.15) is 0 Å². The highest BCUT2D eigenvalue weighted by atomic mass is 16.7. The van der Waals surface area contributed by atoms with E-state index in [0.717, 1.165) is 11.1 Å². The second-order valence-corrected chi connectivity index (χ2v) is 5.27. The van der Waals surface area contributed by atoms with Crippen LogP contribution in [0.5, 0.6) is 23.0 Å². The van der Waals surface area contributed by atoms with Crippen LogP contribution in [-0.2, 0) is 0 Å². The third kappa shape index (κ3) is 1.75. The van der Waals surface area contributed by atoms with Gasteiger partial charge in [-0.15, -0.1) is 0 Å². The lowest BCUT2D eigenvalue weighted by molar-refractivity contribution is 0.103. The Bertz CT molecular complexity index is 729. The lowest BCUT2D eigenvalue weighted by Crippen LogP contribution is -2.06. The molecule has 4 rings (SSSR count). The largest absolute Gasteiger partial charge is 0.454 e. The van der Waals surface area contributed by atoms with Crippen LogP contribution in [0.2, 0.25) is 0 Å². The zero-order chi connectivity index (χ0) is 15.3. The van der Waals surface area contributed by atoms with E-state index in [9.17, 15) is 4.79 Å². The van der Waals surface area contributed by atoms with Gasteiger partial charge < -0.3 is 18.9 Å². The van der Waals surface area contributed by atoms with E-state index in [0.29, 0.717) is 34.1 Å². The highest BCUT2D eigenvalue weighted by Crippen LogP contribution is 2.40. The monoisotopic (exact) mass is 298 g/mol. The minimum absolute atomic E-state index is 0.0633. The maximum atomic E-state index is 12.9. The van der Waals surface area contributed by atoms with Crippen LogP contribution in [-0.4, -0.2) is 19.4 Å². The van der Waals surface area contributed by atoms with E-state index in [1.807, 2.05) is 13.8 Å². The summed E-state index contributed by atoms with van der Waals surface area (Å²) in [7, 11) is 0. The number of ether oxygens (including phenoxy) is 4. The molecule has 0 spiro atoms. The number of rotatable bonds is 2. The molecule has 5 nitrogen and oxygen atoms in total. The lowest BCUT2D eigenvalue weighted by Gasteiger charge is -2.11.